The van der Waals surface area contributed by atoms with Gasteiger partial charge in [-0.25, -0.2) is 8.78 Å². The Morgan fingerprint density at radius 2 is 2.19 bits per heavy atom. The van der Waals surface area contributed by atoms with E-state index in [0.717, 1.165) is 18.2 Å². The van der Waals surface area contributed by atoms with Crippen molar-refractivity contribution in [3.05, 3.63) is 29.8 Å². The summed E-state index contributed by atoms with van der Waals surface area (Å²) >= 11 is 0. The number of hydrogen-bond donors (Lipinski definition) is 2. The Bertz CT molecular complexity index is 536. The standard InChI is InChI=1S/C15H20F2N2O2/c1-9(2)19-15(14(18)20)6-5-11(8-15)21-13-7-10(16)3-4-12(13)17/h3-4,7,9,11,19H,5-6,8H2,1-2H3,(H2,18,20). The third kappa shape index (κ3) is 3.50. The second kappa shape index (κ2) is 5.97. The van der Waals surface area contributed by atoms with Gasteiger partial charge in [0.2, 0.25) is 5.91 Å². The predicted octanol–water partition coefficient (Wildman–Crippen LogP) is 2.12. The van der Waals surface area contributed by atoms with E-state index in [9.17, 15) is 13.6 Å². The molecule has 1 amide bonds. The van der Waals surface area contributed by atoms with Crippen molar-refractivity contribution in [3.63, 3.8) is 0 Å². The van der Waals surface area contributed by atoms with Crippen molar-refractivity contribution in [2.24, 2.45) is 5.73 Å². The lowest BCUT2D eigenvalue weighted by atomic mass is 9.95. The highest BCUT2D eigenvalue weighted by molar-refractivity contribution is 5.85. The molecule has 1 saturated carbocycles. The number of ether oxygens (including phenoxy) is 1. The van der Waals surface area contributed by atoms with E-state index in [1.54, 1.807) is 0 Å². The summed E-state index contributed by atoms with van der Waals surface area (Å²) in [4.78, 5) is 11.7. The number of nitrogens with one attached hydrogen (secondary N) is 1. The van der Waals surface area contributed by atoms with Crippen LogP contribution in [0.15, 0.2) is 18.2 Å². The lowest BCUT2D eigenvalue weighted by molar-refractivity contribution is -0.124. The van der Waals surface area contributed by atoms with Crippen molar-refractivity contribution < 1.29 is 18.3 Å². The molecule has 1 aliphatic carbocycles. The first-order valence-corrected chi connectivity index (χ1v) is 7.02. The highest BCUT2D eigenvalue weighted by Gasteiger charge is 2.45. The van der Waals surface area contributed by atoms with Crippen molar-refractivity contribution >= 4 is 5.91 Å². The van der Waals surface area contributed by atoms with Crippen LogP contribution in [0.5, 0.6) is 5.75 Å². The number of hydrogen-bond acceptors (Lipinski definition) is 3. The molecule has 0 spiro atoms. The van der Waals surface area contributed by atoms with Gasteiger partial charge < -0.3 is 15.8 Å². The smallest absolute Gasteiger partial charge is 0.237 e. The fourth-order valence-electron chi connectivity index (χ4n) is 2.83. The Hall–Kier alpha value is -1.69. The molecule has 0 bridgehead atoms. The van der Waals surface area contributed by atoms with Crippen molar-refractivity contribution in [2.75, 3.05) is 0 Å². The number of benzene rings is 1. The summed E-state index contributed by atoms with van der Waals surface area (Å²) in [7, 11) is 0. The van der Waals surface area contributed by atoms with Crippen LogP contribution in [0.3, 0.4) is 0 Å². The summed E-state index contributed by atoms with van der Waals surface area (Å²) in [6.07, 6.45) is 1.04. The van der Waals surface area contributed by atoms with Crippen molar-refractivity contribution in [3.8, 4) is 5.75 Å². The van der Waals surface area contributed by atoms with Crippen molar-refractivity contribution in [1.82, 2.24) is 5.32 Å². The SMILES string of the molecule is CC(C)NC1(C(N)=O)CCC(Oc2cc(F)ccc2F)C1. The number of primary amides is 1. The van der Waals surface area contributed by atoms with Gasteiger partial charge in [-0.05, 0) is 38.8 Å². The first-order valence-electron chi connectivity index (χ1n) is 7.02. The van der Waals surface area contributed by atoms with E-state index in [0.29, 0.717) is 19.3 Å². The molecule has 1 aromatic carbocycles. The summed E-state index contributed by atoms with van der Waals surface area (Å²) in [6.45, 7) is 3.84. The average Bonchev–Trinajstić information content (AvgIpc) is 2.77. The molecule has 1 aliphatic rings. The van der Waals surface area contributed by atoms with Gasteiger partial charge in [0.1, 0.15) is 17.5 Å². The molecule has 4 nitrogen and oxygen atoms in total. The lowest BCUT2D eigenvalue weighted by Crippen LogP contribution is -2.56. The molecule has 0 heterocycles. The third-order valence-electron chi connectivity index (χ3n) is 3.69. The van der Waals surface area contributed by atoms with Gasteiger partial charge >= 0.3 is 0 Å². The average molecular weight is 298 g/mol. The molecule has 6 heteroatoms. The second-order valence-electron chi connectivity index (χ2n) is 5.80. The van der Waals surface area contributed by atoms with E-state index in [1.165, 1.54) is 0 Å². The predicted molar refractivity (Wildman–Crippen MR) is 74.8 cm³/mol. The van der Waals surface area contributed by atoms with Crippen molar-refractivity contribution in [1.29, 1.82) is 0 Å². The topological polar surface area (TPSA) is 64.3 Å². The number of carbonyl (C=O) groups is 1. The minimum absolute atomic E-state index is 0.0853. The maximum Gasteiger partial charge on any atom is 0.237 e. The van der Waals surface area contributed by atoms with Crippen LogP contribution in [0, 0.1) is 11.6 Å². The largest absolute Gasteiger partial charge is 0.487 e. The minimum Gasteiger partial charge on any atom is -0.487 e. The first-order chi connectivity index (χ1) is 9.82. The third-order valence-corrected chi connectivity index (χ3v) is 3.69. The van der Waals surface area contributed by atoms with Gasteiger partial charge in [-0.15, -0.1) is 0 Å². The zero-order chi connectivity index (χ0) is 15.6. The summed E-state index contributed by atoms with van der Waals surface area (Å²) in [5, 5.41) is 3.17. The van der Waals surface area contributed by atoms with Gasteiger partial charge in [0, 0.05) is 18.5 Å². The fourth-order valence-corrected chi connectivity index (χ4v) is 2.83. The van der Waals surface area contributed by atoms with Gasteiger partial charge in [0.15, 0.2) is 11.6 Å². The van der Waals surface area contributed by atoms with Gasteiger partial charge in [-0.2, -0.15) is 0 Å². The van der Waals surface area contributed by atoms with Crippen LogP contribution >= 0.6 is 0 Å². The molecule has 2 unspecified atom stereocenters. The number of rotatable bonds is 5. The molecule has 0 aromatic heterocycles. The van der Waals surface area contributed by atoms with E-state index in [-0.39, 0.29) is 17.9 Å². The molecule has 3 N–H and O–H groups in total. The molecule has 21 heavy (non-hydrogen) atoms. The molecule has 0 saturated heterocycles. The van der Waals surface area contributed by atoms with Crippen LogP contribution < -0.4 is 15.8 Å². The number of nitrogens with two attached hydrogens (primary N) is 1. The first kappa shape index (κ1) is 15.7. The monoisotopic (exact) mass is 298 g/mol. The van der Waals surface area contributed by atoms with Gasteiger partial charge in [0.25, 0.3) is 0 Å². The molecule has 1 aromatic rings. The summed E-state index contributed by atoms with van der Waals surface area (Å²) in [5.74, 6) is -1.76. The van der Waals surface area contributed by atoms with Gasteiger partial charge in [-0.1, -0.05) is 0 Å². The van der Waals surface area contributed by atoms with Crippen LogP contribution in [0.4, 0.5) is 8.78 Å². The van der Waals surface area contributed by atoms with E-state index in [4.69, 9.17) is 10.5 Å². The van der Waals surface area contributed by atoms with E-state index >= 15 is 0 Å². The Morgan fingerprint density at radius 3 is 2.81 bits per heavy atom. The van der Waals surface area contributed by atoms with Gasteiger partial charge in [0.05, 0.1) is 0 Å². The molecule has 0 radical (unpaired) electrons. The number of halogens is 2. The molecular formula is C15H20F2N2O2. The van der Waals surface area contributed by atoms with Crippen LogP contribution in [0.1, 0.15) is 33.1 Å². The normalized spacial score (nSPS) is 25.3. The maximum absolute atomic E-state index is 13.6. The molecule has 1 fully saturated rings. The Morgan fingerprint density at radius 1 is 1.48 bits per heavy atom. The summed E-state index contributed by atoms with van der Waals surface area (Å²) in [6, 6.07) is 3.15. The Labute approximate surface area is 122 Å². The molecular weight excluding hydrogens is 278 g/mol. The van der Waals surface area contributed by atoms with Crippen LogP contribution in [-0.4, -0.2) is 23.6 Å². The highest BCUT2D eigenvalue weighted by atomic mass is 19.1. The quantitative estimate of drug-likeness (QED) is 0.875. The Kier molecular flexibility index (Phi) is 4.46. The van der Waals surface area contributed by atoms with E-state index < -0.39 is 23.1 Å². The highest BCUT2D eigenvalue weighted by Crippen LogP contribution is 2.34. The number of carbonyl (C=O) groups excluding carboxylic acids is 1. The summed E-state index contributed by atoms with van der Waals surface area (Å²) in [5.41, 5.74) is 4.65. The zero-order valence-electron chi connectivity index (χ0n) is 12.2. The van der Waals surface area contributed by atoms with E-state index in [2.05, 4.69) is 5.32 Å². The fraction of sp³-hybridized carbons (Fsp3) is 0.533. The molecule has 0 aliphatic heterocycles. The molecule has 2 rings (SSSR count). The number of amides is 1. The van der Waals surface area contributed by atoms with E-state index in [1.807, 2.05) is 13.8 Å². The maximum atomic E-state index is 13.6. The molecule has 116 valence electrons. The van der Waals surface area contributed by atoms with Gasteiger partial charge in [-0.3, -0.25) is 4.79 Å². The summed E-state index contributed by atoms with van der Waals surface area (Å²) < 4.78 is 32.2. The van der Waals surface area contributed by atoms with Crippen LogP contribution in [0.2, 0.25) is 0 Å². The van der Waals surface area contributed by atoms with Crippen molar-refractivity contribution in [2.45, 2.75) is 50.8 Å². The molecule has 2 atom stereocenters. The second-order valence-corrected chi connectivity index (χ2v) is 5.80. The Balaban J connectivity index is 2.10. The zero-order valence-corrected chi connectivity index (χ0v) is 12.2. The van der Waals surface area contributed by atoms with Crippen LogP contribution in [-0.2, 0) is 4.79 Å². The van der Waals surface area contributed by atoms with Crippen LogP contribution in [0.25, 0.3) is 0 Å². The lowest BCUT2D eigenvalue weighted by Gasteiger charge is -2.29. The minimum atomic E-state index is -0.845.